The van der Waals surface area contributed by atoms with E-state index in [-0.39, 0.29) is 11.1 Å². The zero-order valence-electron chi connectivity index (χ0n) is 15.6. The molecular formula is C21H30O2Si. The van der Waals surface area contributed by atoms with Crippen molar-refractivity contribution >= 4 is 18.7 Å². The Morgan fingerprint density at radius 2 is 1.25 bits per heavy atom. The van der Waals surface area contributed by atoms with Gasteiger partial charge >= 0.3 is 0 Å². The summed E-state index contributed by atoms with van der Waals surface area (Å²) in [6, 6.07) is 21.4. The molecule has 0 saturated heterocycles. The molecule has 0 heterocycles. The van der Waals surface area contributed by atoms with E-state index >= 15 is 0 Å². The van der Waals surface area contributed by atoms with Crippen LogP contribution in [-0.4, -0.2) is 27.6 Å². The number of hydrogen-bond acceptors (Lipinski definition) is 2. The fraction of sp³-hybridized carbons (Fsp3) is 0.429. The van der Waals surface area contributed by atoms with Crippen molar-refractivity contribution in [3.05, 3.63) is 60.7 Å². The van der Waals surface area contributed by atoms with Gasteiger partial charge in [0.1, 0.15) is 0 Å². The summed E-state index contributed by atoms with van der Waals surface area (Å²) >= 11 is 0. The highest BCUT2D eigenvalue weighted by Gasteiger charge is 2.49. The quantitative estimate of drug-likeness (QED) is 0.559. The monoisotopic (exact) mass is 342 g/mol. The molecule has 2 aromatic rings. The molecule has 0 aromatic heterocycles. The molecule has 2 nitrogen and oxygen atoms in total. The summed E-state index contributed by atoms with van der Waals surface area (Å²) in [4.78, 5) is 0. The summed E-state index contributed by atoms with van der Waals surface area (Å²) < 4.78 is 12.4. The van der Waals surface area contributed by atoms with Crippen LogP contribution < -0.4 is 10.4 Å². The molecule has 130 valence electrons. The third kappa shape index (κ3) is 4.15. The molecule has 0 bridgehead atoms. The molecule has 0 unspecified atom stereocenters. The van der Waals surface area contributed by atoms with Crippen molar-refractivity contribution in [3.63, 3.8) is 0 Å². The lowest BCUT2D eigenvalue weighted by Crippen LogP contribution is -2.66. The van der Waals surface area contributed by atoms with Crippen LogP contribution in [0.25, 0.3) is 0 Å². The van der Waals surface area contributed by atoms with Gasteiger partial charge in [0.05, 0.1) is 19.3 Å². The molecule has 0 atom stereocenters. The molecule has 0 aliphatic rings. The Morgan fingerprint density at radius 3 is 1.62 bits per heavy atom. The highest BCUT2D eigenvalue weighted by atomic mass is 28.4. The molecule has 0 N–H and O–H groups in total. The SMILES string of the molecule is CC(C)OCCO[Si](c1ccccc1)(c1ccccc1)C(C)(C)C. The van der Waals surface area contributed by atoms with Gasteiger partial charge in [0.2, 0.25) is 0 Å². The van der Waals surface area contributed by atoms with Crippen molar-refractivity contribution in [2.45, 2.75) is 45.8 Å². The van der Waals surface area contributed by atoms with Crippen LogP contribution in [0.3, 0.4) is 0 Å². The van der Waals surface area contributed by atoms with Gasteiger partial charge in [-0.05, 0) is 29.3 Å². The largest absolute Gasteiger partial charge is 0.405 e. The summed E-state index contributed by atoms with van der Waals surface area (Å²) in [6.45, 7) is 12.2. The lowest BCUT2D eigenvalue weighted by molar-refractivity contribution is 0.0530. The normalized spacial score (nSPS) is 12.6. The topological polar surface area (TPSA) is 18.5 Å². The van der Waals surface area contributed by atoms with Crippen LogP contribution in [0.2, 0.25) is 5.04 Å². The zero-order chi connectivity index (χ0) is 17.6. The summed E-state index contributed by atoms with van der Waals surface area (Å²) in [5.74, 6) is 0. The Morgan fingerprint density at radius 1 is 0.792 bits per heavy atom. The Hall–Kier alpha value is -1.42. The van der Waals surface area contributed by atoms with Crippen LogP contribution in [0.15, 0.2) is 60.7 Å². The van der Waals surface area contributed by atoms with Crippen LogP contribution in [0.1, 0.15) is 34.6 Å². The molecule has 2 rings (SSSR count). The molecule has 0 fully saturated rings. The van der Waals surface area contributed by atoms with Gasteiger partial charge in [-0.25, -0.2) is 0 Å². The van der Waals surface area contributed by atoms with E-state index in [1.54, 1.807) is 0 Å². The predicted molar refractivity (Wildman–Crippen MR) is 105 cm³/mol. The van der Waals surface area contributed by atoms with Gasteiger partial charge in [0.25, 0.3) is 8.32 Å². The first kappa shape index (κ1) is 18.9. The molecule has 0 radical (unpaired) electrons. The smallest absolute Gasteiger partial charge is 0.261 e. The second-order valence-electron chi connectivity index (χ2n) is 7.43. The fourth-order valence-corrected chi connectivity index (χ4v) is 7.79. The van der Waals surface area contributed by atoms with E-state index in [2.05, 4.69) is 95.3 Å². The van der Waals surface area contributed by atoms with E-state index in [4.69, 9.17) is 9.16 Å². The second kappa shape index (κ2) is 8.10. The summed E-state index contributed by atoms with van der Waals surface area (Å²) in [5.41, 5.74) is 0. The third-order valence-electron chi connectivity index (χ3n) is 4.27. The van der Waals surface area contributed by atoms with Gasteiger partial charge < -0.3 is 9.16 Å². The first-order valence-electron chi connectivity index (χ1n) is 8.74. The minimum Gasteiger partial charge on any atom is -0.405 e. The van der Waals surface area contributed by atoms with E-state index in [1.165, 1.54) is 10.4 Å². The molecule has 0 aliphatic carbocycles. The number of ether oxygens (including phenoxy) is 1. The van der Waals surface area contributed by atoms with Crippen molar-refractivity contribution in [2.75, 3.05) is 13.2 Å². The Labute approximate surface area is 148 Å². The molecular weight excluding hydrogens is 312 g/mol. The van der Waals surface area contributed by atoms with E-state index in [9.17, 15) is 0 Å². The molecule has 24 heavy (non-hydrogen) atoms. The maximum Gasteiger partial charge on any atom is 0.261 e. The van der Waals surface area contributed by atoms with E-state index < -0.39 is 8.32 Å². The molecule has 3 heteroatoms. The van der Waals surface area contributed by atoms with Crippen molar-refractivity contribution in [1.29, 1.82) is 0 Å². The van der Waals surface area contributed by atoms with Crippen LogP contribution in [-0.2, 0) is 9.16 Å². The summed E-state index contributed by atoms with van der Waals surface area (Å²) in [7, 11) is -2.40. The van der Waals surface area contributed by atoms with E-state index in [0.717, 1.165) is 0 Å². The molecule has 0 saturated carbocycles. The number of hydrogen-bond donors (Lipinski definition) is 0. The standard InChI is InChI=1S/C21H30O2Si/c1-18(2)22-16-17-23-24(21(3,4)5,19-12-8-6-9-13-19)20-14-10-7-11-15-20/h6-15,18H,16-17H2,1-5H3. The molecule has 0 amide bonds. The van der Waals surface area contributed by atoms with E-state index in [0.29, 0.717) is 13.2 Å². The Bertz CT molecular complexity index is 563. The molecule has 2 aromatic carbocycles. The van der Waals surface area contributed by atoms with Crippen LogP contribution in [0.5, 0.6) is 0 Å². The van der Waals surface area contributed by atoms with Gasteiger partial charge in [-0.1, -0.05) is 81.4 Å². The summed E-state index contributed by atoms with van der Waals surface area (Å²) in [5, 5.41) is 2.65. The first-order chi connectivity index (χ1) is 11.4. The lowest BCUT2D eigenvalue weighted by atomic mass is 10.2. The first-order valence-corrected chi connectivity index (χ1v) is 10.7. The van der Waals surface area contributed by atoms with Gasteiger partial charge in [-0.3, -0.25) is 0 Å². The average Bonchev–Trinajstić information content (AvgIpc) is 2.55. The Kier molecular flexibility index (Phi) is 6.38. The highest BCUT2D eigenvalue weighted by molar-refractivity contribution is 6.99. The number of benzene rings is 2. The predicted octanol–water partition coefficient (Wildman–Crippen LogP) is 3.99. The minimum absolute atomic E-state index is 0.0214. The van der Waals surface area contributed by atoms with Crippen molar-refractivity contribution < 1.29 is 9.16 Å². The summed E-state index contributed by atoms with van der Waals surface area (Å²) in [6.07, 6.45) is 0.229. The maximum atomic E-state index is 6.73. The molecule has 0 aliphatic heterocycles. The second-order valence-corrected chi connectivity index (χ2v) is 11.7. The van der Waals surface area contributed by atoms with E-state index in [1.807, 2.05) is 0 Å². The third-order valence-corrected chi connectivity index (χ3v) is 9.31. The van der Waals surface area contributed by atoms with Gasteiger partial charge in [-0.15, -0.1) is 0 Å². The maximum absolute atomic E-state index is 6.73. The van der Waals surface area contributed by atoms with Gasteiger partial charge in [-0.2, -0.15) is 0 Å². The van der Waals surface area contributed by atoms with Gasteiger partial charge in [0, 0.05) is 0 Å². The zero-order valence-corrected chi connectivity index (χ0v) is 16.6. The lowest BCUT2D eigenvalue weighted by Gasteiger charge is -2.43. The van der Waals surface area contributed by atoms with Crippen molar-refractivity contribution in [1.82, 2.24) is 0 Å². The van der Waals surface area contributed by atoms with Crippen molar-refractivity contribution in [2.24, 2.45) is 0 Å². The van der Waals surface area contributed by atoms with Crippen molar-refractivity contribution in [3.8, 4) is 0 Å². The van der Waals surface area contributed by atoms with Crippen LogP contribution in [0.4, 0.5) is 0 Å². The fourth-order valence-electron chi connectivity index (χ4n) is 3.24. The van der Waals surface area contributed by atoms with Gasteiger partial charge in [0.15, 0.2) is 0 Å². The Balaban J connectivity index is 2.45. The molecule has 0 spiro atoms. The minimum atomic E-state index is -2.40. The highest BCUT2D eigenvalue weighted by Crippen LogP contribution is 2.36. The van der Waals surface area contributed by atoms with Crippen LogP contribution >= 0.6 is 0 Å². The average molecular weight is 343 g/mol. The van der Waals surface area contributed by atoms with Crippen LogP contribution in [0, 0.1) is 0 Å². The number of rotatable bonds is 7.